The lowest BCUT2D eigenvalue weighted by Gasteiger charge is -2.01. The van der Waals surface area contributed by atoms with E-state index in [0.717, 1.165) is 11.5 Å². The minimum Gasteiger partial charge on any atom is -0.466 e. The van der Waals surface area contributed by atoms with Gasteiger partial charge in [-0.05, 0) is 12.7 Å². The Labute approximate surface area is 89.6 Å². The van der Waals surface area contributed by atoms with Crippen molar-refractivity contribution in [2.75, 3.05) is 18.1 Å². The number of ether oxygens (including phenoxy) is 1. The Bertz CT molecular complexity index is 180. The first-order valence-electron chi connectivity index (χ1n) is 4.95. The lowest BCUT2D eigenvalue weighted by atomic mass is 10.2. The fraction of sp³-hybridized carbons (Fsp3) is 0.800. The third-order valence-corrected chi connectivity index (χ3v) is 2.54. The van der Waals surface area contributed by atoms with E-state index in [9.17, 15) is 9.59 Å². The van der Waals surface area contributed by atoms with Crippen molar-refractivity contribution in [2.45, 2.75) is 33.1 Å². The number of ketones is 1. The summed E-state index contributed by atoms with van der Waals surface area (Å²) >= 11 is 1.74. The van der Waals surface area contributed by atoms with Crippen LogP contribution in [0.3, 0.4) is 0 Å². The van der Waals surface area contributed by atoms with Crippen LogP contribution in [0.5, 0.6) is 0 Å². The molecule has 0 aromatic rings. The molecule has 0 saturated carbocycles. The van der Waals surface area contributed by atoms with Crippen LogP contribution in [0.15, 0.2) is 0 Å². The molecule has 0 aliphatic carbocycles. The molecule has 82 valence electrons. The lowest BCUT2D eigenvalue weighted by molar-refractivity contribution is -0.144. The van der Waals surface area contributed by atoms with Crippen molar-refractivity contribution in [3.8, 4) is 0 Å². The van der Waals surface area contributed by atoms with E-state index in [-0.39, 0.29) is 18.2 Å². The minimum absolute atomic E-state index is 0.152. The standard InChI is InChI=1S/C10H18O3S/c1-3-13-10(12)6-5-9(11)7-8-14-4-2/h3-8H2,1-2H3. The highest BCUT2D eigenvalue weighted by molar-refractivity contribution is 7.99. The van der Waals surface area contributed by atoms with E-state index in [1.807, 2.05) is 0 Å². The van der Waals surface area contributed by atoms with Crippen molar-refractivity contribution in [1.29, 1.82) is 0 Å². The number of carbonyl (C=O) groups is 2. The first kappa shape index (κ1) is 13.5. The Morgan fingerprint density at radius 2 is 1.86 bits per heavy atom. The molecule has 3 nitrogen and oxygen atoms in total. The molecule has 0 fully saturated rings. The van der Waals surface area contributed by atoms with Crippen LogP contribution in [0, 0.1) is 0 Å². The van der Waals surface area contributed by atoms with Gasteiger partial charge in [-0.25, -0.2) is 0 Å². The summed E-state index contributed by atoms with van der Waals surface area (Å²) in [4.78, 5) is 22.1. The van der Waals surface area contributed by atoms with E-state index < -0.39 is 0 Å². The van der Waals surface area contributed by atoms with Gasteiger partial charge in [-0.15, -0.1) is 0 Å². The minimum atomic E-state index is -0.274. The summed E-state index contributed by atoms with van der Waals surface area (Å²) in [6.07, 6.45) is 1.12. The Morgan fingerprint density at radius 1 is 1.14 bits per heavy atom. The number of esters is 1. The molecule has 0 saturated heterocycles. The molecule has 0 bridgehead atoms. The molecule has 0 unspecified atom stereocenters. The molecular formula is C10H18O3S. The topological polar surface area (TPSA) is 43.4 Å². The van der Waals surface area contributed by atoms with E-state index in [4.69, 9.17) is 4.74 Å². The van der Waals surface area contributed by atoms with Gasteiger partial charge in [0.2, 0.25) is 0 Å². The van der Waals surface area contributed by atoms with Crippen LogP contribution in [0.4, 0.5) is 0 Å². The maximum Gasteiger partial charge on any atom is 0.306 e. The summed E-state index contributed by atoms with van der Waals surface area (Å²) in [7, 11) is 0. The highest BCUT2D eigenvalue weighted by Crippen LogP contribution is 2.04. The van der Waals surface area contributed by atoms with Gasteiger partial charge in [0, 0.05) is 18.6 Å². The average molecular weight is 218 g/mol. The maximum absolute atomic E-state index is 11.2. The number of thioether (sulfide) groups is 1. The largest absolute Gasteiger partial charge is 0.466 e. The summed E-state index contributed by atoms with van der Waals surface area (Å²) < 4.78 is 4.72. The summed E-state index contributed by atoms with van der Waals surface area (Å²) in [6.45, 7) is 4.21. The lowest BCUT2D eigenvalue weighted by Crippen LogP contribution is -2.08. The van der Waals surface area contributed by atoms with Crippen LogP contribution in [-0.4, -0.2) is 29.9 Å². The smallest absolute Gasteiger partial charge is 0.306 e. The van der Waals surface area contributed by atoms with Gasteiger partial charge in [-0.1, -0.05) is 6.92 Å². The van der Waals surface area contributed by atoms with E-state index >= 15 is 0 Å². The summed E-state index contributed by atoms with van der Waals surface area (Å²) in [5.74, 6) is 1.77. The van der Waals surface area contributed by atoms with Crippen molar-refractivity contribution >= 4 is 23.5 Å². The second kappa shape index (κ2) is 9.06. The Kier molecular flexibility index (Phi) is 8.73. The zero-order valence-electron chi connectivity index (χ0n) is 8.88. The fourth-order valence-corrected chi connectivity index (χ4v) is 1.59. The third-order valence-electron chi connectivity index (χ3n) is 1.64. The number of hydrogen-bond acceptors (Lipinski definition) is 4. The second-order valence-electron chi connectivity index (χ2n) is 2.79. The molecule has 0 aromatic carbocycles. The van der Waals surface area contributed by atoms with Gasteiger partial charge in [0.1, 0.15) is 5.78 Å². The molecule has 0 N–H and O–H groups in total. The zero-order chi connectivity index (χ0) is 10.8. The number of rotatable bonds is 8. The average Bonchev–Trinajstić information content (AvgIpc) is 2.16. The Morgan fingerprint density at radius 3 is 2.43 bits per heavy atom. The van der Waals surface area contributed by atoms with Crippen LogP contribution in [0.2, 0.25) is 0 Å². The first-order chi connectivity index (χ1) is 6.70. The number of carbonyl (C=O) groups excluding carboxylic acids is 2. The molecular weight excluding hydrogens is 200 g/mol. The fourth-order valence-electron chi connectivity index (χ4n) is 0.930. The van der Waals surface area contributed by atoms with Crippen LogP contribution < -0.4 is 0 Å². The van der Waals surface area contributed by atoms with Crippen LogP contribution >= 0.6 is 11.8 Å². The van der Waals surface area contributed by atoms with Crippen molar-refractivity contribution in [2.24, 2.45) is 0 Å². The predicted molar refractivity (Wildman–Crippen MR) is 58.5 cm³/mol. The van der Waals surface area contributed by atoms with Crippen LogP contribution in [0.25, 0.3) is 0 Å². The van der Waals surface area contributed by atoms with E-state index in [1.165, 1.54) is 0 Å². The van der Waals surface area contributed by atoms with Gasteiger partial charge in [0.05, 0.1) is 13.0 Å². The molecule has 0 amide bonds. The molecule has 0 aromatic heterocycles. The van der Waals surface area contributed by atoms with E-state index in [0.29, 0.717) is 19.4 Å². The zero-order valence-corrected chi connectivity index (χ0v) is 9.69. The highest BCUT2D eigenvalue weighted by Gasteiger charge is 2.06. The summed E-state index contributed by atoms with van der Waals surface area (Å²) in [5.41, 5.74) is 0. The monoisotopic (exact) mass is 218 g/mol. The Hall–Kier alpha value is -0.510. The van der Waals surface area contributed by atoms with E-state index in [1.54, 1.807) is 18.7 Å². The van der Waals surface area contributed by atoms with Crippen LogP contribution in [-0.2, 0) is 14.3 Å². The van der Waals surface area contributed by atoms with Gasteiger partial charge >= 0.3 is 5.97 Å². The molecule has 0 spiro atoms. The molecule has 4 heteroatoms. The third kappa shape index (κ3) is 8.10. The first-order valence-corrected chi connectivity index (χ1v) is 6.11. The summed E-state index contributed by atoms with van der Waals surface area (Å²) in [6, 6.07) is 0. The van der Waals surface area contributed by atoms with Gasteiger partial charge in [0.25, 0.3) is 0 Å². The van der Waals surface area contributed by atoms with Crippen molar-refractivity contribution in [1.82, 2.24) is 0 Å². The van der Waals surface area contributed by atoms with Gasteiger partial charge in [-0.3, -0.25) is 9.59 Å². The molecule has 0 atom stereocenters. The quantitative estimate of drug-likeness (QED) is 0.462. The molecule has 0 radical (unpaired) electrons. The normalized spacial score (nSPS) is 9.86. The molecule has 0 aliphatic heterocycles. The van der Waals surface area contributed by atoms with E-state index in [2.05, 4.69) is 6.92 Å². The van der Waals surface area contributed by atoms with Crippen molar-refractivity contribution in [3.05, 3.63) is 0 Å². The highest BCUT2D eigenvalue weighted by atomic mass is 32.2. The Balaban J connectivity index is 3.39. The maximum atomic E-state index is 11.2. The molecule has 14 heavy (non-hydrogen) atoms. The van der Waals surface area contributed by atoms with Crippen LogP contribution in [0.1, 0.15) is 33.1 Å². The number of Topliss-reactive ketones (excluding diaryl/α,β-unsaturated/α-hetero) is 1. The van der Waals surface area contributed by atoms with Crippen molar-refractivity contribution in [3.63, 3.8) is 0 Å². The summed E-state index contributed by atoms with van der Waals surface area (Å²) in [5, 5.41) is 0. The number of hydrogen-bond donors (Lipinski definition) is 0. The molecule has 0 rings (SSSR count). The van der Waals surface area contributed by atoms with Gasteiger partial charge < -0.3 is 4.74 Å². The second-order valence-corrected chi connectivity index (χ2v) is 4.18. The SMILES string of the molecule is CCOC(=O)CCC(=O)CCSCC. The van der Waals surface area contributed by atoms with Crippen molar-refractivity contribution < 1.29 is 14.3 Å². The predicted octanol–water partition coefficient (Wildman–Crippen LogP) is 2.04. The van der Waals surface area contributed by atoms with Gasteiger partial charge in [0.15, 0.2) is 0 Å². The molecule has 0 aliphatic rings. The van der Waals surface area contributed by atoms with Gasteiger partial charge in [-0.2, -0.15) is 11.8 Å². The molecule has 0 heterocycles.